The molecule has 0 bridgehead atoms. The summed E-state index contributed by atoms with van der Waals surface area (Å²) in [4.78, 5) is 51.9. The number of barbiturate groups is 1. The first-order chi connectivity index (χ1) is 18.7. The minimum absolute atomic E-state index is 0.216. The lowest BCUT2D eigenvalue weighted by Crippen LogP contribution is -2.54. The fourth-order valence-corrected chi connectivity index (χ4v) is 4.05. The van der Waals surface area contributed by atoms with Crippen LogP contribution in [0.15, 0.2) is 66.2 Å². The second-order valence-corrected chi connectivity index (χ2v) is 9.16. The molecule has 3 aromatic carbocycles. The van der Waals surface area contributed by atoms with E-state index in [9.17, 15) is 19.2 Å². The van der Waals surface area contributed by atoms with E-state index in [-0.39, 0.29) is 29.2 Å². The molecule has 9 nitrogen and oxygen atoms in total. The normalized spacial score (nSPS) is 14.3. The molecule has 10 heteroatoms. The highest BCUT2D eigenvalue weighted by Crippen LogP contribution is 2.29. The van der Waals surface area contributed by atoms with Crippen molar-refractivity contribution in [3.8, 4) is 11.5 Å². The summed E-state index contributed by atoms with van der Waals surface area (Å²) in [6.07, 6.45) is 1.27. The first-order valence-electron chi connectivity index (χ1n) is 12.1. The maximum Gasteiger partial charge on any atom is 0.335 e. The number of hydrogen-bond acceptors (Lipinski definition) is 6. The number of imide groups is 2. The van der Waals surface area contributed by atoms with E-state index in [1.54, 1.807) is 30.3 Å². The first-order valence-corrected chi connectivity index (χ1v) is 12.5. The molecule has 0 aromatic heterocycles. The molecule has 3 aromatic rings. The van der Waals surface area contributed by atoms with Crippen LogP contribution < -0.4 is 25.0 Å². The van der Waals surface area contributed by atoms with E-state index in [1.165, 1.54) is 18.2 Å². The van der Waals surface area contributed by atoms with Crippen molar-refractivity contribution in [3.05, 3.63) is 87.9 Å². The van der Waals surface area contributed by atoms with Gasteiger partial charge < -0.3 is 14.8 Å². The Bertz CT molecular complexity index is 1480. The number of ether oxygens (including phenoxy) is 2. The summed E-state index contributed by atoms with van der Waals surface area (Å²) in [6.45, 7) is 5.77. The smallest absolute Gasteiger partial charge is 0.335 e. The summed E-state index contributed by atoms with van der Waals surface area (Å²) < 4.78 is 11.1. The second kappa shape index (κ2) is 11.8. The van der Waals surface area contributed by atoms with Crippen LogP contribution in [0, 0.1) is 13.8 Å². The van der Waals surface area contributed by atoms with Crippen LogP contribution in [0.1, 0.15) is 23.6 Å². The van der Waals surface area contributed by atoms with Gasteiger partial charge in [0.05, 0.1) is 12.3 Å². The first kappa shape index (κ1) is 27.4. The molecule has 0 unspecified atom stereocenters. The number of nitrogens with zero attached hydrogens (tertiary/aromatic N) is 1. The average molecular weight is 548 g/mol. The Labute approximate surface area is 230 Å². The topological polar surface area (TPSA) is 114 Å². The van der Waals surface area contributed by atoms with Crippen LogP contribution in [-0.4, -0.2) is 37.0 Å². The number of urea groups is 1. The molecule has 39 heavy (non-hydrogen) atoms. The third kappa shape index (κ3) is 6.45. The molecule has 0 saturated carbocycles. The SMILES string of the molecule is CCOc1ccc(N2C(=O)NC(=O)/C(=C\c3cc(Cl)ccc3OCC(=O)Nc3cc(C)ccc3C)C2=O)cc1. The van der Waals surface area contributed by atoms with Gasteiger partial charge in [0.25, 0.3) is 17.7 Å². The van der Waals surface area contributed by atoms with Gasteiger partial charge in [-0.15, -0.1) is 0 Å². The summed E-state index contributed by atoms with van der Waals surface area (Å²) >= 11 is 6.17. The monoisotopic (exact) mass is 547 g/mol. The fraction of sp³-hybridized carbons (Fsp3) is 0.172. The van der Waals surface area contributed by atoms with E-state index >= 15 is 0 Å². The van der Waals surface area contributed by atoms with Crippen molar-refractivity contribution in [3.63, 3.8) is 0 Å². The molecule has 2 N–H and O–H groups in total. The van der Waals surface area contributed by atoms with Crippen LogP contribution in [0.4, 0.5) is 16.2 Å². The minimum Gasteiger partial charge on any atom is -0.494 e. The van der Waals surface area contributed by atoms with Gasteiger partial charge in [-0.1, -0.05) is 23.7 Å². The maximum atomic E-state index is 13.3. The standard InChI is InChI=1S/C29H26ClN3O6/c1-4-38-22-10-8-21(9-11-22)33-28(36)23(27(35)32-29(33)37)15-19-14-20(30)7-12-25(19)39-16-26(34)31-24-13-17(2)5-6-18(24)3/h5-15H,4,16H2,1-3H3,(H,31,34)(H,32,35,37)/b23-15+. The van der Waals surface area contributed by atoms with E-state index in [1.807, 2.05) is 39.0 Å². The van der Waals surface area contributed by atoms with Gasteiger partial charge in [-0.25, -0.2) is 9.69 Å². The van der Waals surface area contributed by atoms with Crippen molar-refractivity contribution < 1.29 is 28.7 Å². The molecule has 1 aliphatic heterocycles. The second-order valence-electron chi connectivity index (χ2n) is 8.72. The quantitative estimate of drug-likeness (QED) is 0.302. The van der Waals surface area contributed by atoms with E-state index < -0.39 is 23.8 Å². The molecule has 0 radical (unpaired) electrons. The summed E-state index contributed by atoms with van der Waals surface area (Å²) in [5, 5.41) is 5.31. The molecular formula is C29H26ClN3O6. The summed E-state index contributed by atoms with van der Waals surface area (Å²) in [5.41, 5.74) is 2.79. The van der Waals surface area contributed by atoms with Crippen molar-refractivity contribution in [1.82, 2.24) is 5.32 Å². The van der Waals surface area contributed by atoms with Crippen LogP contribution in [0.3, 0.4) is 0 Å². The van der Waals surface area contributed by atoms with E-state index in [2.05, 4.69) is 10.6 Å². The minimum atomic E-state index is -0.878. The van der Waals surface area contributed by atoms with Gasteiger partial charge in [-0.05, 0) is 86.5 Å². The number of halogens is 1. The number of benzene rings is 3. The van der Waals surface area contributed by atoms with Crippen LogP contribution in [0.25, 0.3) is 6.08 Å². The lowest BCUT2D eigenvalue weighted by molar-refractivity contribution is -0.122. The van der Waals surface area contributed by atoms with Gasteiger partial charge in [0.15, 0.2) is 6.61 Å². The Balaban J connectivity index is 1.57. The van der Waals surface area contributed by atoms with Gasteiger partial charge in [0.1, 0.15) is 17.1 Å². The zero-order valence-electron chi connectivity index (χ0n) is 21.5. The summed E-state index contributed by atoms with van der Waals surface area (Å²) in [7, 11) is 0. The average Bonchev–Trinajstić information content (AvgIpc) is 2.89. The third-order valence-electron chi connectivity index (χ3n) is 5.81. The van der Waals surface area contributed by atoms with Gasteiger partial charge in [0, 0.05) is 16.3 Å². The van der Waals surface area contributed by atoms with Gasteiger partial charge >= 0.3 is 6.03 Å². The molecule has 0 aliphatic carbocycles. The van der Waals surface area contributed by atoms with E-state index in [4.69, 9.17) is 21.1 Å². The highest BCUT2D eigenvalue weighted by atomic mass is 35.5. The Kier molecular flexibility index (Phi) is 8.31. The van der Waals surface area contributed by atoms with Crippen LogP contribution in [0.5, 0.6) is 11.5 Å². The van der Waals surface area contributed by atoms with Crippen LogP contribution in [-0.2, 0) is 14.4 Å². The zero-order chi connectivity index (χ0) is 28.1. The molecular weight excluding hydrogens is 522 g/mol. The van der Waals surface area contributed by atoms with Gasteiger partial charge in [-0.2, -0.15) is 0 Å². The molecule has 1 fully saturated rings. The van der Waals surface area contributed by atoms with E-state index in [0.717, 1.165) is 16.0 Å². The third-order valence-corrected chi connectivity index (χ3v) is 6.04. The molecule has 200 valence electrons. The number of hydrogen-bond donors (Lipinski definition) is 2. The van der Waals surface area contributed by atoms with Crippen LogP contribution in [0.2, 0.25) is 5.02 Å². The van der Waals surface area contributed by atoms with Gasteiger partial charge in [0.2, 0.25) is 0 Å². The predicted molar refractivity (Wildman–Crippen MR) is 148 cm³/mol. The lowest BCUT2D eigenvalue weighted by atomic mass is 10.1. The Morgan fingerprint density at radius 1 is 1.00 bits per heavy atom. The molecule has 4 rings (SSSR count). The molecule has 1 aliphatic rings. The van der Waals surface area contributed by atoms with E-state index in [0.29, 0.717) is 23.1 Å². The maximum absolute atomic E-state index is 13.3. The fourth-order valence-electron chi connectivity index (χ4n) is 3.87. The largest absolute Gasteiger partial charge is 0.494 e. The number of anilines is 2. The zero-order valence-corrected chi connectivity index (χ0v) is 22.3. The van der Waals surface area contributed by atoms with Crippen molar-refractivity contribution in [1.29, 1.82) is 0 Å². The van der Waals surface area contributed by atoms with Crippen molar-refractivity contribution in [2.75, 3.05) is 23.4 Å². The number of rotatable bonds is 8. The Morgan fingerprint density at radius 3 is 2.46 bits per heavy atom. The van der Waals surface area contributed by atoms with Crippen molar-refractivity contribution in [2.24, 2.45) is 0 Å². The number of amides is 5. The molecule has 5 amide bonds. The Hall–Kier alpha value is -4.63. The van der Waals surface area contributed by atoms with Crippen molar-refractivity contribution in [2.45, 2.75) is 20.8 Å². The molecule has 1 heterocycles. The molecule has 0 atom stereocenters. The lowest BCUT2D eigenvalue weighted by Gasteiger charge is -2.26. The van der Waals surface area contributed by atoms with Gasteiger partial charge in [-0.3, -0.25) is 19.7 Å². The summed E-state index contributed by atoms with van der Waals surface area (Å²) in [5.74, 6) is -1.30. The summed E-state index contributed by atoms with van der Waals surface area (Å²) in [6, 6.07) is 15.7. The number of carbonyl (C=O) groups excluding carboxylic acids is 4. The highest BCUT2D eigenvalue weighted by molar-refractivity contribution is 6.39. The highest BCUT2D eigenvalue weighted by Gasteiger charge is 2.37. The van der Waals surface area contributed by atoms with Crippen molar-refractivity contribution >= 4 is 52.8 Å². The molecule has 0 spiro atoms. The van der Waals surface area contributed by atoms with Crippen LogP contribution >= 0.6 is 11.6 Å². The Morgan fingerprint density at radius 2 is 1.74 bits per heavy atom. The predicted octanol–water partition coefficient (Wildman–Crippen LogP) is 5.04. The number of carbonyl (C=O) groups is 4. The number of nitrogens with one attached hydrogen (secondary N) is 2. The molecule has 1 saturated heterocycles. The number of aryl methyl sites for hydroxylation is 2.